The number of benzene rings is 1. The number of nitrogens with one attached hydrogen (secondary N) is 3. The van der Waals surface area contributed by atoms with Gasteiger partial charge in [0.2, 0.25) is 11.8 Å². The van der Waals surface area contributed by atoms with E-state index in [9.17, 15) is 23.9 Å². The van der Waals surface area contributed by atoms with Crippen molar-refractivity contribution in [2.45, 2.75) is 64.8 Å². The molecule has 5 N–H and O–H groups in total. The smallest absolute Gasteiger partial charge is 0.342 e. The van der Waals surface area contributed by atoms with E-state index in [1.165, 1.54) is 7.05 Å². The van der Waals surface area contributed by atoms with E-state index in [2.05, 4.69) is 16.0 Å². The minimum atomic E-state index is -4.45. The first-order chi connectivity index (χ1) is 13.9. The van der Waals surface area contributed by atoms with Crippen LogP contribution in [0.15, 0.2) is 30.3 Å². The van der Waals surface area contributed by atoms with Gasteiger partial charge in [-0.2, -0.15) is 0 Å². The van der Waals surface area contributed by atoms with Gasteiger partial charge in [0, 0.05) is 13.5 Å². The topological polar surface area (TPSA) is 128 Å². The molecule has 9 heteroatoms. The Bertz CT molecular complexity index is 721. The summed E-state index contributed by atoms with van der Waals surface area (Å²) in [4.78, 5) is 44.9. The van der Waals surface area contributed by atoms with E-state index in [1.54, 1.807) is 0 Å². The lowest BCUT2D eigenvalue weighted by molar-refractivity contribution is -0.130. The van der Waals surface area contributed by atoms with Crippen LogP contribution in [0.1, 0.15) is 46.1 Å². The summed E-state index contributed by atoms with van der Waals surface area (Å²) in [7, 11) is -2.95. The molecule has 0 radical (unpaired) electrons. The van der Waals surface area contributed by atoms with E-state index < -0.39 is 31.4 Å². The Morgan fingerprint density at radius 1 is 0.933 bits per heavy atom. The molecule has 0 bridgehead atoms. The molecule has 2 amide bonds. The van der Waals surface area contributed by atoms with Crippen LogP contribution in [0.3, 0.4) is 0 Å². The average Bonchev–Trinajstić information content (AvgIpc) is 2.65. The fraction of sp³-hybridized carbons (Fsp3) is 0.619. The van der Waals surface area contributed by atoms with Gasteiger partial charge in [-0.1, -0.05) is 58.0 Å². The maximum atomic E-state index is 13.0. The SMILES string of the molecule is CNC(=O)[C@H](Cc1ccccc1)NC(=O)[C@H](CC(C)C)N[C@@H](CC(C)C)P(=O)(O)O. The van der Waals surface area contributed by atoms with Gasteiger partial charge >= 0.3 is 7.60 Å². The van der Waals surface area contributed by atoms with Crippen molar-refractivity contribution in [2.75, 3.05) is 7.05 Å². The molecule has 0 aliphatic rings. The number of amides is 2. The summed E-state index contributed by atoms with van der Waals surface area (Å²) < 4.78 is 12.0. The van der Waals surface area contributed by atoms with Gasteiger partial charge in [-0.05, 0) is 30.2 Å². The Kier molecular flexibility index (Phi) is 10.7. The highest BCUT2D eigenvalue weighted by atomic mass is 31.2. The van der Waals surface area contributed by atoms with Crippen molar-refractivity contribution < 1.29 is 23.9 Å². The van der Waals surface area contributed by atoms with Crippen LogP contribution in [0.2, 0.25) is 0 Å². The zero-order chi connectivity index (χ0) is 22.9. The molecule has 0 saturated carbocycles. The Balaban J connectivity index is 3.03. The second kappa shape index (κ2) is 12.2. The summed E-state index contributed by atoms with van der Waals surface area (Å²) >= 11 is 0. The molecule has 0 aromatic heterocycles. The summed E-state index contributed by atoms with van der Waals surface area (Å²) in [5.74, 6) is -1.76. The molecule has 3 atom stereocenters. The molecule has 0 aliphatic heterocycles. The third-order valence-corrected chi connectivity index (χ3v) is 5.85. The molecule has 170 valence electrons. The number of likely N-dealkylation sites (N-methyl/N-ethyl adjacent to an activating group) is 1. The number of carbonyl (C=O) groups is 2. The molecule has 0 spiro atoms. The van der Waals surface area contributed by atoms with Crippen LogP contribution in [0, 0.1) is 11.8 Å². The first kappa shape index (κ1) is 26.3. The fourth-order valence-electron chi connectivity index (χ4n) is 3.21. The first-order valence-electron chi connectivity index (χ1n) is 10.3. The van der Waals surface area contributed by atoms with Crippen molar-refractivity contribution in [3.05, 3.63) is 35.9 Å². The molecular weight excluding hydrogens is 405 g/mol. The van der Waals surface area contributed by atoms with Crippen molar-refractivity contribution in [2.24, 2.45) is 11.8 Å². The molecule has 1 aromatic carbocycles. The standard InChI is InChI=1S/C21H36N3O5P/c1-14(2)11-17(23-19(12-15(3)4)30(27,28)29)21(26)24-18(20(25)22-5)13-16-9-7-6-8-10-16/h6-10,14-15,17-19,23H,11-13H2,1-5H3,(H,22,25)(H,24,26)(H2,27,28,29)/t17-,18-,19+/m0/s1. The predicted molar refractivity (Wildman–Crippen MR) is 118 cm³/mol. The second-order valence-corrected chi connectivity index (χ2v) is 10.2. The van der Waals surface area contributed by atoms with E-state index in [0.29, 0.717) is 12.8 Å². The lowest BCUT2D eigenvalue weighted by atomic mass is 10.0. The lowest BCUT2D eigenvalue weighted by Crippen LogP contribution is -2.55. The highest BCUT2D eigenvalue weighted by molar-refractivity contribution is 7.52. The van der Waals surface area contributed by atoms with Gasteiger partial charge < -0.3 is 20.4 Å². The average molecular weight is 442 g/mol. The number of carbonyl (C=O) groups excluding carboxylic acids is 2. The lowest BCUT2D eigenvalue weighted by Gasteiger charge is -2.29. The summed E-state index contributed by atoms with van der Waals surface area (Å²) in [5.41, 5.74) is 0.896. The Hall–Kier alpha value is -1.73. The molecule has 1 rings (SSSR count). The number of hydrogen-bond donors (Lipinski definition) is 5. The van der Waals surface area contributed by atoms with E-state index in [0.717, 1.165) is 5.56 Å². The monoisotopic (exact) mass is 441 g/mol. The number of hydrogen-bond acceptors (Lipinski definition) is 4. The van der Waals surface area contributed by atoms with Crippen molar-refractivity contribution in [3.8, 4) is 0 Å². The van der Waals surface area contributed by atoms with Gasteiger partial charge in [0.05, 0.1) is 6.04 Å². The zero-order valence-corrected chi connectivity index (χ0v) is 19.4. The molecule has 0 heterocycles. The minimum Gasteiger partial charge on any atom is -0.357 e. The van der Waals surface area contributed by atoms with E-state index in [4.69, 9.17) is 0 Å². The van der Waals surface area contributed by atoms with Crippen LogP contribution in [0.25, 0.3) is 0 Å². The van der Waals surface area contributed by atoms with Gasteiger partial charge in [0.15, 0.2) is 0 Å². The van der Waals surface area contributed by atoms with Crippen LogP contribution in [-0.2, 0) is 20.6 Å². The van der Waals surface area contributed by atoms with Gasteiger partial charge in [-0.15, -0.1) is 0 Å². The highest BCUT2D eigenvalue weighted by Crippen LogP contribution is 2.43. The van der Waals surface area contributed by atoms with Crippen molar-refractivity contribution >= 4 is 19.4 Å². The summed E-state index contributed by atoms with van der Waals surface area (Å²) in [6.45, 7) is 7.58. The van der Waals surface area contributed by atoms with E-state index in [1.807, 2.05) is 58.0 Å². The minimum absolute atomic E-state index is 0.0367. The molecule has 30 heavy (non-hydrogen) atoms. The Morgan fingerprint density at radius 2 is 1.50 bits per heavy atom. The Labute approximate surface area is 179 Å². The highest BCUT2D eigenvalue weighted by Gasteiger charge is 2.34. The van der Waals surface area contributed by atoms with Crippen LogP contribution in [0.5, 0.6) is 0 Å². The molecule has 0 fully saturated rings. The van der Waals surface area contributed by atoms with Gasteiger partial charge in [0.1, 0.15) is 11.8 Å². The van der Waals surface area contributed by atoms with Crippen LogP contribution in [-0.4, -0.2) is 46.5 Å². The molecule has 0 saturated heterocycles. The summed E-state index contributed by atoms with van der Waals surface area (Å²) in [5, 5.41) is 8.20. The molecule has 0 aliphatic carbocycles. The van der Waals surface area contributed by atoms with Gasteiger partial charge in [-0.25, -0.2) is 0 Å². The quantitative estimate of drug-likeness (QED) is 0.316. The molecular formula is C21H36N3O5P. The van der Waals surface area contributed by atoms with Crippen LogP contribution in [0.4, 0.5) is 0 Å². The van der Waals surface area contributed by atoms with Crippen molar-refractivity contribution in [1.29, 1.82) is 0 Å². The van der Waals surface area contributed by atoms with Crippen LogP contribution < -0.4 is 16.0 Å². The predicted octanol–water partition coefficient (Wildman–Crippen LogP) is 2.01. The molecule has 8 nitrogen and oxygen atoms in total. The maximum absolute atomic E-state index is 13.0. The normalized spacial score (nSPS) is 15.0. The van der Waals surface area contributed by atoms with Crippen molar-refractivity contribution in [3.63, 3.8) is 0 Å². The summed E-state index contributed by atoms with van der Waals surface area (Å²) in [6, 6.07) is 7.72. The van der Waals surface area contributed by atoms with Gasteiger partial charge in [-0.3, -0.25) is 19.5 Å². The van der Waals surface area contributed by atoms with Crippen molar-refractivity contribution in [1.82, 2.24) is 16.0 Å². The largest absolute Gasteiger partial charge is 0.357 e. The van der Waals surface area contributed by atoms with E-state index in [-0.39, 0.29) is 24.2 Å². The fourth-order valence-corrected chi connectivity index (χ4v) is 4.28. The third kappa shape index (κ3) is 9.39. The first-order valence-corrected chi connectivity index (χ1v) is 12.0. The van der Waals surface area contributed by atoms with Gasteiger partial charge in [0.25, 0.3) is 0 Å². The van der Waals surface area contributed by atoms with E-state index >= 15 is 0 Å². The third-order valence-electron chi connectivity index (χ3n) is 4.68. The molecule has 1 aromatic rings. The zero-order valence-electron chi connectivity index (χ0n) is 18.5. The van der Waals surface area contributed by atoms with Crippen LogP contribution >= 0.6 is 7.60 Å². The Morgan fingerprint density at radius 3 is 1.97 bits per heavy atom. The second-order valence-electron chi connectivity index (χ2n) is 8.45. The maximum Gasteiger partial charge on any atom is 0.342 e. The number of rotatable bonds is 12. The molecule has 0 unspecified atom stereocenters. The summed E-state index contributed by atoms with van der Waals surface area (Å²) in [6.07, 6.45) is 0.926.